The van der Waals surface area contributed by atoms with E-state index in [1.54, 1.807) is 4.68 Å². The van der Waals surface area contributed by atoms with Gasteiger partial charge in [-0.2, -0.15) is 0 Å². The highest BCUT2D eigenvalue weighted by Gasteiger charge is 2.41. The van der Waals surface area contributed by atoms with Gasteiger partial charge in [0.2, 0.25) is 5.88 Å². The molecule has 0 aliphatic heterocycles. The second-order valence-electron chi connectivity index (χ2n) is 4.98. The number of aryl methyl sites for hydroxylation is 1. The lowest BCUT2D eigenvalue weighted by molar-refractivity contribution is 0.205. The van der Waals surface area contributed by atoms with Crippen molar-refractivity contribution in [2.75, 3.05) is 6.61 Å². The number of nitrogens with zero attached hydrogens (tertiary/aromatic N) is 2. The Bertz CT molecular complexity index is 327. The number of hydrogen-bond donors (Lipinski definition) is 0. The molecule has 15 heavy (non-hydrogen) atoms. The minimum absolute atomic E-state index is 0.781. The van der Waals surface area contributed by atoms with Crippen molar-refractivity contribution < 1.29 is 4.74 Å². The third-order valence-corrected chi connectivity index (χ3v) is 3.57. The van der Waals surface area contributed by atoms with Crippen LogP contribution in [-0.4, -0.2) is 16.4 Å². The maximum atomic E-state index is 5.76. The van der Waals surface area contributed by atoms with Crippen molar-refractivity contribution in [1.29, 1.82) is 0 Å². The standard InChI is InChI=1S/C12H18N2O/c1-14-7-6-12(13-14)15-8-11(9-2-3-9)10-4-5-10/h6-7,9-11H,2-5,8H2,1H3. The van der Waals surface area contributed by atoms with Crippen LogP contribution in [-0.2, 0) is 7.05 Å². The van der Waals surface area contributed by atoms with E-state index in [9.17, 15) is 0 Å². The van der Waals surface area contributed by atoms with Crippen molar-refractivity contribution in [2.45, 2.75) is 25.7 Å². The Morgan fingerprint density at radius 3 is 2.53 bits per heavy atom. The van der Waals surface area contributed by atoms with Crippen LogP contribution in [0.1, 0.15) is 25.7 Å². The average Bonchev–Trinajstić information content (AvgIpc) is 3.09. The van der Waals surface area contributed by atoms with Gasteiger partial charge in [-0.1, -0.05) is 0 Å². The molecule has 2 fully saturated rings. The van der Waals surface area contributed by atoms with Crippen LogP contribution < -0.4 is 4.74 Å². The van der Waals surface area contributed by atoms with Crippen molar-refractivity contribution in [3.63, 3.8) is 0 Å². The average molecular weight is 206 g/mol. The third kappa shape index (κ3) is 2.16. The molecule has 2 aliphatic rings. The second-order valence-corrected chi connectivity index (χ2v) is 4.98. The van der Waals surface area contributed by atoms with Gasteiger partial charge in [-0.15, -0.1) is 5.10 Å². The molecule has 2 saturated carbocycles. The number of rotatable bonds is 5. The summed E-state index contributed by atoms with van der Waals surface area (Å²) < 4.78 is 7.55. The van der Waals surface area contributed by atoms with E-state index < -0.39 is 0 Å². The first-order chi connectivity index (χ1) is 7.33. The van der Waals surface area contributed by atoms with Crippen LogP contribution in [0.3, 0.4) is 0 Å². The molecule has 1 aromatic rings. The van der Waals surface area contributed by atoms with Crippen LogP contribution in [0.2, 0.25) is 0 Å². The molecule has 0 saturated heterocycles. The predicted molar refractivity (Wildman–Crippen MR) is 57.6 cm³/mol. The zero-order chi connectivity index (χ0) is 10.3. The van der Waals surface area contributed by atoms with Crippen LogP contribution in [0.4, 0.5) is 0 Å². The van der Waals surface area contributed by atoms with Gasteiger partial charge in [0.25, 0.3) is 0 Å². The summed E-state index contributed by atoms with van der Waals surface area (Å²) in [7, 11) is 1.92. The van der Waals surface area contributed by atoms with Crippen molar-refractivity contribution in [3.8, 4) is 5.88 Å². The lowest BCUT2D eigenvalue weighted by atomic mass is 9.99. The molecule has 3 heteroatoms. The summed E-state index contributed by atoms with van der Waals surface area (Å²) in [5, 5.41) is 4.24. The topological polar surface area (TPSA) is 27.1 Å². The zero-order valence-electron chi connectivity index (χ0n) is 9.22. The number of ether oxygens (including phenoxy) is 1. The van der Waals surface area contributed by atoms with E-state index >= 15 is 0 Å². The molecule has 82 valence electrons. The van der Waals surface area contributed by atoms with E-state index in [4.69, 9.17) is 4.74 Å². The Kier molecular flexibility index (Phi) is 2.19. The molecule has 2 aliphatic carbocycles. The summed E-state index contributed by atoms with van der Waals surface area (Å²) in [6.07, 6.45) is 7.62. The number of aromatic nitrogens is 2. The molecule has 1 aromatic heterocycles. The minimum atomic E-state index is 0.781. The largest absolute Gasteiger partial charge is 0.476 e. The molecule has 0 atom stereocenters. The Labute approximate surface area is 90.4 Å². The molecule has 0 amide bonds. The summed E-state index contributed by atoms with van der Waals surface area (Å²) in [6.45, 7) is 0.881. The molecule has 3 rings (SSSR count). The molecule has 0 unspecified atom stereocenters. The lowest BCUT2D eigenvalue weighted by Gasteiger charge is -2.14. The monoisotopic (exact) mass is 206 g/mol. The summed E-state index contributed by atoms with van der Waals surface area (Å²) >= 11 is 0. The van der Waals surface area contributed by atoms with Gasteiger partial charge >= 0.3 is 0 Å². The molecule has 1 heterocycles. The van der Waals surface area contributed by atoms with Crippen molar-refractivity contribution >= 4 is 0 Å². The molecule has 0 radical (unpaired) electrons. The fourth-order valence-corrected chi connectivity index (χ4v) is 2.36. The fraction of sp³-hybridized carbons (Fsp3) is 0.750. The fourth-order valence-electron chi connectivity index (χ4n) is 2.36. The predicted octanol–water partition coefficient (Wildman–Crippen LogP) is 2.24. The van der Waals surface area contributed by atoms with E-state index in [0.717, 1.165) is 30.2 Å². The van der Waals surface area contributed by atoms with Crippen LogP contribution in [0, 0.1) is 17.8 Å². The van der Waals surface area contributed by atoms with Gasteiger partial charge < -0.3 is 4.74 Å². The Hall–Kier alpha value is -0.990. The lowest BCUT2D eigenvalue weighted by Crippen LogP contribution is -2.16. The van der Waals surface area contributed by atoms with Gasteiger partial charge in [0, 0.05) is 19.3 Å². The molecule has 3 nitrogen and oxygen atoms in total. The van der Waals surface area contributed by atoms with E-state index in [1.807, 2.05) is 19.3 Å². The SMILES string of the molecule is Cn1ccc(OCC(C2CC2)C2CC2)n1. The highest BCUT2D eigenvalue weighted by Crippen LogP contribution is 2.49. The van der Waals surface area contributed by atoms with Gasteiger partial charge in [-0.3, -0.25) is 4.68 Å². The first kappa shape index (κ1) is 9.25. The Morgan fingerprint density at radius 1 is 1.40 bits per heavy atom. The number of hydrogen-bond acceptors (Lipinski definition) is 2. The first-order valence-corrected chi connectivity index (χ1v) is 5.95. The molecule has 0 spiro atoms. The van der Waals surface area contributed by atoms with Gasteiger partial charge in [0.05, 0.1) is 6.61 Å². The summed E-state index contributed by atoms with van der Waals surface area (Å²) in [5.41, 5.74) is 0. The van der Waals surface area contributed by atoms with E-state index in [1.165, 1.54) is 25.7 Å². The maximum absolute atomic E-state index is 5.76. The Balaban J connectivity index is 1.55. The normalized spacial score (nSPS) is 20.9. The van der Waals surface area contributed by atoms with Crippen molar-refractivity contribution in [3.05, 3.63) is 12.3 Å². The molecular weight excluding hydrogens is 188 g/mol. The van der Waals surface area contributed by atoms with E-state index in [2.05, 4.69) is 5.10 Å². The third-order valence-electron chi connectivity index (χ3n) is 3.57. The second kappa shape index (κ2) is 3.54. The van der Waals surface area contributed by atoms with Gasteiger partial charge in [-0.05, 0) is 43.4 Å². The summed E-state index contributed by atoms with van der Waals surface area (Å²) in [6, 6.07) is 1.94. The van der Waals surface area contributed by atoms with E-state index in [0.29, 0.717) is 0 Å². The van der Waals surface area contributed by atoms with Gasteiger partial charge in [0.15, 0.2) is 0 Å². The van der Waals surface area contributed by atoms with Gasteiger partial charge in [0.1, 0.15) is 0 Å². The van der Waals surface area contributed by atoms with E-state index in [-0.39, 0.29) is 0 Å². The minimum Gasteiger partial charge on any atom is -0.476 e. The Morgan fingerprint density at radius 2 is 2.07 bits per heavy atom. The van der Waals surface area contributed by atoms with Crippen LogP contribution in [0.15, 0.2) is 12.3 Å². The van der Waals surface area contributed by atoms with Gasteiger partial charge in [-0.25, -0.2) is 0 Å². The van der Waals surface area contributed by atoms with Crippen LogP contribution in [0.25, 0.3) is 0 Å². The quantitative estimate of drug-likeness (QED) is 0.738. The maximum Gasteiger partial charge on any atom is 0.232 e. The first-order valence-electron chi connectivity index (χ1n) is 5.95. The summed E-state index contributed by atoms with van der Waals surface area (Å²) in [5.74, 6) is 3.51. The van der Waals surface area contributed by atoms with Crippen molar-refractivity contribution in [1.82, 2.24) is 9.78 Å². The highest BCUT2D eigenvalue weighted by atomic mass is 16.5. The molecule has 0 N–H and O–H groups in total. The molecule has 0 bridgehead atoms. The highest BCUT2D eigenvalue weighted by molar-refractivity contribution is 5.05. The zero-order valence-corrected chi connectivity index (χ0v) is 9.22. The van der Waals surface area contributed by atoms with Crippen LogP contribution >= 0.6 is 0 Å². The summed E-state index contributed by atoms with van der Waals surface area (Å²) in [4.78, 5) is 0. The van der Waals surface area contributed by atoms with Crippen molar-refractivity contribution in [2.24, 2.45) is 24.8 Å². The van der Waals surface area contributed by atoms with Crippen LogP contribution in [0.5, 0.6) is 5.88 Å². The smallest absolute Gasteiger partial charge is 0.232 e. The molecule has 0 aromatic carbocycles. The molecular formula is C12H18N2O.